The fourth-order valence-electron chi connectivity index (χ4n) is 4.80. The summed E-state index contributed by atoms with van der Waals surface area (Å²) >= 11 is 0. The van der Waals surface area contributed by atoms with Crippen LogP contribution in [0.2, 0.25) is 0 Å². The molecule has 1 aromatic rings. The second-order valence-electron chi connectivity index (χ2n) is 9.28. The van der Waals surface area contributed by atoms with Gasteiger partial charge in [-0.3, -0.25) is 24.7 Å². The van der Waals surface area contributed by atoms with Crippen molar-refractivity contribution in [1.82, 2.24) is 20.7 Å². The first-order valence-corrected chi connectivity index (χ1v) is 11.4. The lowest BCUT2D eigenvalue weighted by molar-refractivity contribution is -0.140. The summed E-state index contributed by atoms with van der Waals surface area (Å²) in [6, 6.07) is 8.79. The lowest BCUT2D eigenvalue weighted by Crippen LogP contribution is -2.53. The van der Waals surface area contributed by atoms with E-state index in [2.05, 4.69) is 23.0 Å². The van der Waals surface area contributed by atoms with E-state index in [4.69, 9.17) is 0 Å². The molecule has 0 aromatic heterocycles. The Bertz CT molecular complexity index is 874. The van der Waals surface area contributed by atoms with Gasteiger partial charge in [-0.15, -0.1) is 0 Å². The van der Waals surface area contributed by atoms with E-state index in [1.165, 1.54) is 0 Å². The normalized spacial score (nSPS) is 26.8. The Kier molecular flexibility index (Phi) is 6.45. The van der Waals surface area contributed by atoms with Gasteiger partial charge in [0, 0.05) is 11.6 Å². The number of amides is 5. The Morgan fingerprint density at radius 2 is 1.72 bits per heavy atom. The fraction of sp³-hybridized carbons (Fsp3) is 0.565. The molecule has 3 N–H and O–H groups in total. The van der Waals surface area contributed by atoms with Gasteiger partial charge in [-0.05, 0) is 69.7 Å². The third-order valence-electron chi connectivity index (χ3n) is 6.89. The molecule has 2 aliphatic heterocycles. The second-order valence-corrected chi connectivity index (χ2v) is 9.28. The second kappa shape index (κ2) is 9.28. The van der Waals surface area contributed by atoms with Gasteiger partial charge in [-0.1, -0.05) is 25.1 Å². The Hall–Kier alpha value is -2.94. The van der Waals surface area contributed by atoms with Gasteiger partial charge in [0.25, 0.3) is 11.8 Å². The summed E-state index contributed by atoms with van der Waals surface area (Å²) in [4.78, 5) is 52.2. The van der Waals surface area contributed by atoms with Crippen molar-refractivity contribution in [3.05, 3.63) is 30.3 Å². The fourth-order valence-corrected chi connectivity index (χ4v) is 4.80. The van der Waals surface area contributed by atoms with Crippen molar-refractivity contribution in [2.24, 2.45) is 11.8 Å². The number of benzene rings is 1. The van der Waals surface area contributed by atoms with Crippen molar-refractivity contribution in [1.29, 1.82) is 0 Å². The predicted octanol–water partition coefficient (Wildman–Crippen LogP) is 1.87. The molecule has 1 spiro atoms. The standard InChI is InChI=1S/C23H31N5O4/c1-16-7-11-23(12-8-16)21(31)28(22(32)25-23)26-19(29)15-27-13-9-17(10-14-27)20(30)24-18-5-3-2-4-6-18/h2-6,16-17H,7-15H2,1H3,(H,24,30)(H,25,32)(H,26,29). The van der Waals surface area contributed by atoms with Crippen molar-refractivity contribution in [2.45, 2.75) is 51.0 Å². The van der Waals surface area contributed by atoms with E-state index in [-0.39, 0.29) is 24.3 Å². The van der Waals surface area contributed by atoms with Crippen molar-refractivity contribution < 1.29 is 19.2 Å². The predicted molar refractivity (Wildman–Crippen MR) is 118 cm³/mol. The molecule has 9 heteroatoms. The minimum Gasteiger partial charge on any atom is -0.326 e. The van der Waals surface area contributed by atoms with Crippen LogP contribution in [0.1, 0.15) is 45.4 Å². The summed E-state index contributed by atoms with van der Waals surface area (Å²) in [7, 11) is 0. The lowest BCUT2D eigenvalue weighted by Gasteiger charge is -2.33. The van der Waals surface area contributed by atoms with Crippen LogP contribution in [0.15, 0.2) is 30.3 Å². The molecule has 0 unspecified atom stereocenters. The van der Waals surface area contributed by atoms with E-state index in [1.807, 2.05) is 35.2 Å². The number of para-hydroxylation sites is 1. The monoisotopic (exact) mass is 441 g/mol. The Labute approximate surface area is 187 Å². The number of anilines is 1. The Balaban J connectivity index is 1.23. The van der Waals surface area contributed by atoms with Gasteiger partial charge in [0.05, 0.1) is 6.54 Å². The van der Waals surface area contributed by atoms with Crippen LogP contribution in [-0.4, -0.2) is 58.8 Å². The van der Waals surface area contributed by atoms with Crippen LogP contribution in [0.4, 0.5) is 10.5 Å². The van der Waals surface area contributed by atoms with Crippen molar-refractivity contribution in [3.8, 4) is 0 Å². The van der Waals surface area contributed by atoms with E-state index < -0.39 is 17.5 Å². The molecular weight excluding hydrogens is 410 g/mol. The van der Waals surface area contributed by atoms with E-state index in [9.17, 15) is 19.2 Å². The number of hydrazine groups is 1. The summed E-state index contributed by atoms with van der Waals surface area (Å²) in [6.07, 6.45) is 4.25. The van der Waals surface area contributed by atoms with Crippen LogP contribution in [0.25, 0.3) is 0 Å². The van der Waals surface area contributed by atoms with E-state index in [0.717, 1.165) is 23.5 Å². The number of carbonyl (C=O) groups excluding carboxylic acids is 4. The van der Waals surface area contributed by atoms with E-state index in [1.54, 1.807) is 0 Å². The smallest absolute Gasteiger partial charge is 0.326 e. The highest BCUT2D eigenvalue weighted by Crippen LogP contribution is 2.35. The van der Waals surface area contributed by atoms with Crippen molar-refractivity contribution >= 4 is 29.4 Å². The molecule has 4 rings (SSSR count). The zero-order valence-corrected chi connectivity index (χ0v) is 18.4. The molecule has 0 radical (unpaired) electrons. The third-order valence-corrected chi connectivity index (χ3v) is 6.89. The summed E-state index contributed by atoms with van der Waals surface area (Å²) in [6.45, 7) is 3.42. The number of hydrogen-bond acceptors (Lipinski definition) is 5. The lowest BCUT2D eigenvalue weighted by atomic mass is 9.77. The topological polar surface area (TPSA) is 111 Å². The molecule has 3 fully saturated rings. The molecule has 9 nitrogen and oxygen atoms in total. The molecule has 0 atom stereocenters. The Morgan fingerprint density at radius 3 is 2.38 bits per heavy atom. The number of urea groups is 1. The summed E-state index contributed by atoms with van der Waals surface area (Å²) in [5.74, 6) is -0.339. The highest BCUT2D eigenvalue weighted by atomic mass is 16.2. The number of hydrogen-bond donors (Lipinski definition) is 3. The van der Waals surface area contributed by atoms with E-state index in [0.29, 0.717) is 44.7 Å². The van der Waals surface area contributed by atoms with Crippen LogP contribution in [0, 0.1) is 11.8 Å². The highest BCUT2D eigenvalue weighted by Gasteiger charge is 2.52. The largest absolute Gasteiger partial charge is 0.344 e. The highest BCUT2D eigenvalue weighted by molar-refractivity contribution is 6.08. The van der Waals surface area contributed by atoms with Gasteiger partial charge in [-0.25, -0.2) is 4.79 Å². The van der Waals surface area contributed by atoms with Crippen molar-refractivity contribution in [2.75, 3.05) is 25.0 Å². The van der Waals surface area contributed by atoms with Gasteiger partial charge in [0.2, 0.25) is 5.91 Å². The average molecular weight is 442 g/mol. The number of piperidine rings is 1. The molecule has 0 bridgehead atoms. The molecule has 2 heterocycles. The quantitative estimate of drug-likeness (QED) is 0.604. The van der Waals surface area contributed by atoms with Crippen LogP contribution in [-0.2, 0) is 14.4 Å². The maximum absolute atomic E-state index is 12.9. The zero-order valence-electron chi connectivity index (χ0n) is 18.4. The average Bonchev–Trinajstić information content (AvgIpc) is 3.01. The van der Waals surface area contributed by atoms with Gasteiger partial charge in [0.1, 0.15) is 5.54 Å². The number of nitrogens with one attached hydrogen (secondary N) is 3. The van der Waals surface area contributed by atoms with Crippen LogP contribution < -0.4 is 16.1 Å². The molecule has 1 saturated carbocycles. The molecule has 172 valence electrons. The minimum atomic E-state index is -0.874. The molecule has 32 heavy (non-hydrogen) atoms. The number of likely N-dealkylation sites (tertiary alicyclic amines) is 1. The first-order valence-electron chi connectivity index (χ1n) is 11.4. The maximum Gasteiger partial charge on any atom is 0.344 e. The van der Waals surface area contributed by atoms with Gasteiger partial charge in [0.15, 0.2) is 0 Å². The van der Waals surface area contributed by atoms with Gasteiger partial charge < -0.3 is 10.6 Å². The molecule has 1 aliphatic carbocycles. The van der Waals surface area contributed by atoms with Crippen LogP contribution >= 0.6 is 0 Å². The third kappa shape index (κ3) is 4.77. The molecule has 2 saturated heterocycles. The molecule has 5 amide bonds. The van der Waals surface area contributed by atoms with Crippen LogP contribution in [0.3, 0.4) is 0 Å². The molecule has 3 aliphatic rings. The van der Waals surface area contributed by atoms with Crippen LogP contribution in [0.5, 0.6) is 0 Å². The molecular formula is C23H31N5O4. The first kappa shape index (κ1) is 22.3. The van der Waals surface area contributed by atoms with Crippen molar-refractivity contribution in [3.63, 3.8) is 0 Å². The number of carbonyl (C=O) groups is 4. The SMILES string of the molecule is CC1CCC2(CC1)NC(=O)N(NC(=O)CN1CCC(C(=O)Nc3ccccc3)CC1)C2=O. The van der Waals surface area contributed by atoms with Gasteiger partial charge >= 0.3 is 6.03 Å². The summed E-state index contributed by atoms with van der Waals surface area (Å²) in [5, 5.41) is 6.58. The molecule has 1 aromatic carbocycles. The Morgan fingerprint density at radius 1 is 1.06 bits per heavy atom. The van der Waals surface area contributed by atoms with E-state index >= 15 is 0 Å². The zero-order chi connectivity index (χ0) is 22.7. The summed E-state index contributed by atoms with van der Waals surface area (Å²) < 4.78 is 0. The number of rotatable bonds is 5. The minimum absolute atomic E-state index is 0.00765. The first-order chi connectivity index (χ1) is 15.4. The van der Waals surface area contributed by atoms with Gasteiger partial charge in [-0.2, -0.15) is 5.01 Å². The summed E-state index contributed by atoms with van der Waals surface area (Å²) in [5.41, 5.74) is 2.39. The number of nitrogens with zero attached hydrogens (tertiary/aromatic N) is 2. The maximum atomic E-state index is 12.9. The number of imide groups is 1.